The first kappa shape index (κ1) is 32.2. The van der Waals surface area contributed by atoms with E-state index in [0.717, 1.165) is 55.7 Å². The van der Waals surface area contributed by atoms with E-state index in [4.69, 9.17) is 15.0 Å². The van der Waals surface area contributed by atoms with Crippen LogP contribution in [0.5, 0.6) is 0 Å². The van der Waals surface area contributed by atoms with Crippen LogP contribution >= 0.6 is 0 Å². The fraction of sp³-hybridized carbons (Fsp3) is 0. The Morgan fingerprint density at radius 2 is 0.655 bits per heavy atom. The van der Waals surface area contributed by atoms with Gasteiger partial charge in [-0.25, -0.2) is 15.0 Å². The monoisotopic (exact) mass is 702 g/mol. The Morgan fingerprint density at radius 1 is 0.255 bits per heavy atom. The highest BCUT2D eigenvalue weighted by molar-refractivity contribution is 6.10. The van der Waals surface area contributed by atoms with Crippen LogP contribution in [0, 0.1) is 0 Å². The molecule has 4 nitrogen and oxygen atoms in total. The average molecular weight is 703 g/mol. The lowest BCUT2D eigenvalue weighted by atomic mass is 10.0. The van der Waals surface area contributed by atoms with Gasteiger partial charge in [0.15, 0.2) is 17.5 Å². The first-order chi connectivity index (χ1) is 27.2. The van der Waals surface area contributed by atoms with Crippen LogP contribution in [0.25, 0.3) is 95.0 Å². The smallest absolute Gasteiger partial charge is 0.164 e. The minimum absolute atomic E-state index is 0.621. The molecule has 0 saturated carbocycles. The first-order valence-electron chi connectivity index (χ1n) is 18.5. The van der Waals surface area contributed by atoms with Crippen LogP contribution < -0.4 is 0 Å². The molecular weight excluding hydrogens is 669 g/mol. The molecule has 0 aliphatic carbocycles. The standard InChI is InChI=1S/C51H34N4/c1-4-14-35(15-5-1)39-20-12-22-42(32-39)50-52-49(53-51(54-50)43-23-13-21-40(33-43)36-16-6-2-7-17-36)38-26-29-44(30-27-38)55-47-25-11-10-24-45(47)46-31-28-41(34-48(46)55)37-18-8-3-9-19-37/h1-34H. The van der Waals surface area contributed by atoms with E-state index >= 15 is 0 Å². The van der Waals surface area contributed by atoms with Crippen molar-refractivity contribution in [1.29, 1.82) is 0 Å². The fourth-order valence-corrected chi connectivity index (χ4v) is 7.52. The number of fused-ring (bicyclic) bond motifs is 3. The zero-order valence-corrected chi connectivity index (χ0v) is 29.9. The van der Waals surface area contributed by atoms with E-state index in [1.807, 2.05) is 12.1 Å². The molecule has 0 aliphatic heterocycles. The quantitative estimate of drug-likeness (QED) is 0.166. The lowest BCUT2D eigenvalue weighted by molar-refractivity contribution is 1.07. The second-order valence-corrected chi connectivity index (χ2v) is 13.7. The summed E-state index contributed by atoms with van der Waals surface area (Å²) in [7, 11) is 0. The van der Waals surface area contributed by atoms with Crippen molar-refractivity contribution in [1.82, 2.24) is 19.5 Å². The van der Waals surface area contributed by atoms with Crippen molar-refractivity contribution in [2.45, 2.75) is 0 Å². The van der Waals surface area contributed by atoms with Crippen molar-refractivity contribution in [2.24, 2.45) is 0 Å². The minimum atomic E-state index is 0.621. The van der Waals surface area contributed by atoms with E-state index in [-0.39, 0.29) is 0 Å². The maximum atomic E-state index is 5.12. The molecule has 4 heteroatoms. The van der Waals surface area contributed by atoms with Crippen molar-refractivity contribution >= 4 is 21.8 Å². The van der Waals surface area contributed by atoms with Gasteiger partial charge in [-0.05, 0) is 81.9 Å². The van der Waals surface area contributed by atoms with Gasteiger partial charge in [-0.3, -0.25) is 0 Å². The van der Waals surface area contributed by atoms with Crippen LogP contribution in [0.1, 0.15) is 0 Å². The van der Waals surface area contributed by atoms with E-state index in [1.165, 1.54) is 21.9 Å². The molecule has 0 radical (unpaired) electrons. The van der Waals surface area contributed by atoms with Crippen molar-refractivity contribution in [3.05, 3.63) is 206 Å². The van der Waals surface area contributed by atoms with E-state index in [9.17, 15) is 0 Å². The van der Waals surface area contributed by atoms with Gasteiger partial charge in [0.2, 0.25) is 0 Å². The Kier molecular flexibility index (Phi) is 8.12. The number of aromatic nitrogens is 4. The molecule has 0 atom stereocenters. The zero-order chi connectivity index (χ0) is 36.6. The summed E-state index contributed by atoms with van der Waals surface area (Å²) in [5.74, 6) is 1.88. The molecular formula is C51H34N4. The molecule has 258 valence electrons. The van der Waals surface area contributed by atoms with Gasteiger partial charge in [0.1, 0.15) is 0 Å². The van der Waals surface area contributed by atoms with Gasteiger partial charge in [0, 0.05) is 33.2 Å². The number of nitrogens with zero attached hydrogens (tertiary/aromatic N) is 4. The molecule has 0 unspecified atom stereocenters. The van der Waals surface area contributed by atoms with Gasteiger partial charge in [-0.1, -0.05) is 158 Å². The molecule has 8 aromatic carbocycles. The summed E-state index contributed by atoms with van der Waals surface area (Å²) >= 11 is 0. The van der Waals surface area contributed by atoms with E-state index < -0.39 is 0 Å². The summed E-state index contributed by atoms with van der Waals surface area (Å²) in [5, 5.41) is 2.45. The highest BCUT2D eigenvalue weighted by Crippen LogP contribution is 2.36. The van der Waals surface area contributed by atoms with Crippen LogP contribution in [0.4, 0.5) is 0 Å². The van der Waals surface area contributed by atoms with E-state index in [0.29, 0.717) is 17.5 Å². The summed E-state index contributed by atoms with van der Waals surface area (Å²) in [6.45, 7) is 0. The average Bonchev–Trinajstić information content (AvgIpc) is 3.61. The lowest BCUT2D eigenvalue weighted by Crippen LogP contribution is -2.01. The molecule has 10 aromatic rings. The van der Waals surface area contributed by atoms with Crippen molar-refractivity contribution in [3.8, 4) is 73.2 Å². The van der Waals surface area contributed by atoms with Crippen LogP contribution in [-0.2, 0) is 0 Å². The fourth-order valence-electron chi connectivity index (χ4n) is 7.52. The SMILES string of the molecule is c1ccc(-c2cccc(-c3nc(-c4ccc(-n5c6ccccc6c6ccc(-c7ccccc7)cc65)cc4)nc(-c4cccc(-c5ccccc5)c4)n3)c2)cc1. The third-order valence-corrected chi connectivity index (χ3v) is 10.3. The summed E-state index contributed by atoms with van der Waals surface area (Å²) in [6, 6.07) is 72.2. The highest BCUT2D eigenvalue weighted by atomic mass is 15.0. The zero-order valence-electron chi connectivity index (χ0n) is 29.9. The lowest BCUT2D eigenvalue weighted by Gasteiger charge is -2.12. The van der Waals surface area contributed by atoms with Gasteiger partial charge in [-0.15, -0.1) is 0 Å². The van der Waals surface area contributed by atoms with Crippen LogP contribution in [-0.4, -0.2) is 19.5 Å². The molecule has 55 heavy (non-hydrogen) atoms. The third-order valence-electron chi connectivity index (χ3n) is 10.3. The molecule has 0 aliphatic rings. The summed E-state index contributed by atoms with van der Waals surface area (Å²) in [6.07, 6.45) is 0. The minimum Gasteiger partial charge on any atom is -0.309 e. The normalized spacial score (nSPS) is 11.3. The third kappa shape index (κ3) is 6.16. The Balaban J connectivity index is 1.10. The van der Waals surface area contributed by atoms with Crippen LogP contribution in [0.3, 0.4) is 0 Å². The Labute approximate surface area is 319 Å². The van der Waals surface area contributed by atoms with Gasteiger partial charge >= 0.3 is 0 Å². The predicted octanol–water partition coefficient (Wildman–Crippen LogP) is 13.0. The number of benzene rings is 8. The Bertz CT molecular complexity index is 2850. The second-order valence-electron chi connectivity index (χ2n) is 13.7. The van der Waals surface area contributed by atoms with Gasteiger partial charge in [0.05, 0.1) is 11.0 Å². The maximum Gasteiger partial charge on any atom is 0.164 e. The molecule has 0 bridgehead atoms. The second kappa shape index (κ2) is 13.8. The van der Waals surface area contributed by atoms with E-state index in [2.05, 4.69) is 199 Å². The molecule has 0 saturated heterocycles. The van der Waals surface area contributed by atoms with Gasteiger partial charge < -0.3 is 4.57 Å². The van der Waals surface area contributed by atoms with E-state index in [1.54, 1.807) is 0 Å². The summed E-state index contributed by atoms with van der Waals surface area (Å²) in [4.78, 5) is 15.3. The molecule has 2 heterocycles. The largest absolute Gasteiger partial charge is 0.309 e. The number of hydrogen-bond donors (Lipinski definition) is 0. The maximum absolute atomic E-state index is 5.12. The molecule has 0 N–H and O–H groups in total. The number of hydrogen-bond acceptors (Lipinski definition) is 3. The first-order valence-corrected chi connectivity index (χ1v) is 18.5. The van der Waals surface area contributed by atoms with Gasteiger partial charge in [-0.2, -0.15) is 0 Å². The van der Waals surface area contributed by atoms with Crippen molar-refractivity contribution in [3.63, 3.8) is 0 Å². The topological polar surface area (TPSA) is 43.6 Å². The van der Waals surface area contributed by atoms with Crippen molar-refractivity contribution < 1.29 is 0 Å². The summed E-state index contributed by atoms with van der Waals surface area (Å²) < 4.78 is 2.36. The molecule has 0 amide bonds. The number of rotatable bonds is 7. The predicted molar refractivity (Wildman–Crippen MR) is 227 cm³/mol. The van der Waals surface area contributed by atoms with Gasteiger partial charge in [0.25, 0.3) is 0 Å². The Hall–Kier alpha value is -7.43. The highest BCUT2D eigenvalue weighted by Gasteiger charge is 2.16. The Morgan fingerprint density at radius 3 is 1.20 bits per heavy atom. The molecule has 0 fully saturated rings. The molecule has 0 spiro atoms. The van der Waals surface area contributed by atoms with Crippen LogP contribution in [0.2, 0.25) is 0 Å². The number of para-hydroxylation sites is 1. The van der Waals surface area contributed by atoms with Crippen LogP contribution in [0.15, 0.2) is 206 Å². The molecule has 2 aromatic heterocycles. The van der Waals surface area contributed by atoms with Crippen molar-refractivity contribution in [2.75, 3.05) is 0 Å². The molecule has 10 rings (SSSR count). The summed E-state index contributed by atoms with van der Waals surface area (Å²) in [5.41, 5.74) is 13.1.